The summed E-state index contributed by atoms with van der Waals surface area (Å²) < 4.78 is 0. The van der Waals surface area contributed by atoms with Gasteiger partial charge in [0.1, 0.15) is 6.04 Å². The molecule has 7 heteroatoms. The van der Waals surface area contributed by atoms with E-state index in [4.69, 9.17) is 34.8 Å². The number of hydrogen-bond donors (Lipinski definition) is 1. The highest BCUT2D eigenvalue weighted by atomic mass is 35.5. The quantitative estimate of drug-likeness (QED) is 0.391. The second-order valence-electron chi connectivity index (χ2n) is 7.66. The van der Waals surface area contributed by atoms with Crippen molar-refractivity contribution in [1.82, 2.24) is 10.2 Å². The Labute approximate surface area is 209 Å². The van der Waals surface area contributed by atoms with Crippen LogP contribution in [0.15, 0.2) is 72.8 Å². The highest BCUT2D eigenvalue weighted by molar-refractivity contribution is 6.35. The molecular formula is C26H25Cl3N2O2. The molecular weight excluding hydrogens is 479 g/mol. The Kier molecular flexibility index (Phi) is 9.19. The van der Waals surface area contributed by atoms with Crippen molar-refractivity contribution in [1.29, 1.82) is 0 Å². The van der Waals surface area contributed by atoms with E-state index < -0.39 is 6.04 Å². The van der Waals surface area contributed by atoms with Crippen molar-refractivity contribution < 1.29 is 9.59 Å². The summed E-state index contributed by atoms with van der Waals surface area (Å²) in [6, 6.07) is 21.3. The van der Waals surface area contributed by atoms with Crippen LogP contribution in [0, 0.1) is 0 Å². The van der Waals surface area contributed by atoms with E-state index in [9.17, 15) is 9.59 Å². The standard InChI is InChI=1S/C26H25Cl3N2O2/c1-2-30-26(33)24(14-18-7-4-3-5-8-18)31(17-19-9-6-10-21(27)13-19)25(32)15-20-11-12-22(28)16-23(20)29/h3-13,16,24H,2,14-15,17H2,1H3,(H,30,33). The van der Waals surface area contributed by atoms with E-state index in [-0.39, 0.29) is 24.8 Å². The Hall–Kier alpha value is -2.53. The van der Waals surface area contributed by atoms with Gasteiger partial charge in [0.05, 0.1) is 6.42 Å². The molecule has 0 spiro atoms. The summed E-state index contributed by atoms with van der Waals surface area (Å²) in [5.74, 6) is -0.426. The molecule has 1 N–H and O–H groups in total. The van der Waals surface area contributed by atoms with Gasteiger partial charge in [-0.25, -0.2) is 0 Å². The molecule has 0 aliphatic heterocycles. The molecule has 172 valence electrons. The predicted molar refractivity (Wildman–Crippen MR) is 135 cm³/mol. The lowest BCUT2D eigenvalue weighted by Gasteiger charge is -2.31. The van der Waals surface area contributed by atoms with E-state index in [1.54, 1.807) is 35.2 Å². The van der Waals surface area contributed by atoms with Gasteiger partial charge in [-0.05, 0) is 47.9 Å². The molecule has 0 aromatic heterocycles. The third-order valence-corrected chi connectivity index (χ3v) is 6.04. The van der Waals surface area contributed by atoms with Crippen molar-refractivity contribution >= 4 is 46.6 Å². The normalized spacial score (nSPS) is 11.6. The Morgan fingerprint density at radius 2 is 1.58 bits per heavy atom. The van der Waals surface area contributed by atoms with E-state index in [0.717, 1.165) is 11.1 Å². The van der Waals surface area contributed by atoms with Crippen molar-refractivity contribution in [2.24, 2.45) is 0 Å². The first-order valence-corrected chi connectivity index (χ1v) is 11.8. The first-order chi connectivity index (χ1) is 15.9. The maximum atomic E-state index is 13.6. The molecule has 3 rings (SSSR count). The SMILES string of the molecule is CCNC(=O)C(Cc1ccccc1)N(Cc1cccc(Cl)c1)C(=O)Cc1ccc(Cl)cc1Cl. The number of halogens is 3. The van der Waals surface area contributed by atoms with E-state index in [0.29, 0.717) is 33.6 Å². The van der Waals surface area contributed by atoms with Crippen molar-refractivity contribution in [3.05, 3.63) is 105 Å². The number of rotatable bonds is 9. The van der Waals surface area contributed by atoms with E-state index in [1.807, 2.05) is 49.4 Å². The van der Waals surface area contributed by atoms with Crippen LogP contribution in [0.4, 0.5) is 0 Å². The number of nitrogens with zero attached hydrogens (tertiary/aromatic N) is 1. The van der Waals surface area contributed by atoms with Crippen molar-refractivity contribution in [2.45, 2.75) is 32.4 Å². The molecule has 33 heavy (non-hydrogen) atoms. The van der Waals surface area contributed by atoms with Crippen molar-refractivity contribution in [3.63, 3.8) is 0 Å². The minimum atomic E-state index is -0.704. The second kappa shape index (κ2) is 12.1. The lowest BCUT2D eigenvalue weighted by molar-refractivity contribution is -0.140. The zero-order valence-corrected chi connectivity index (χ0v) is 20.5. The fourth-order valence-corrected chi connectivity index (χ4v) is 4.30. The van der Waals surface area contributed by atoms with Crippen LogP contribution in [-0.4, -0.2) is 29.3 Å². The molecule has 0 fully saturated rings. The summed E-state index contributed by atoms with van der Waals surface area (Å²) in [4.78, 5) is 28.3. The highest BCUT2D eigenvalue weighted by Crippen LogP contribution is 2.24. The third-order valence-electron chi connectivity index (χ3n) is 5.22. The van der Waals surface area contributed by atoms with Crippen LogP contribution in [0.3, 0.4) is 0 Å². The lowest BCUT2D eigenvalue weighted by atomic mass is 10.0. The molecule has 0 bridgehead atoms. The minimum Gasteiger partial charge on any atom is -0.355 e. The average Bonchev–Trinajstić information content (AvgIpc) is 2.79. The van der Waals surface area contributed by atoms with E-state index in [1.165, 1.54) is 0 Å². The lowest BCUT2D eigenvalue weighted by Crippen LogP contribution is -2.51. The minimum absolute atomic E-state index is 0.0429. The van der Waals surface area contributed by atoms with Gasteiger partial charge in [0.2, 0.25) is 11.8 Å². The van der Waals surface area contributed by atoms with Gasteiger partial charge in [0.25, 0.3) is 0 Å². The predicted octanol–water partition coefficient (Wildman–Crippen LogP) is 5.97. The van der Waals surface area contributed by atoms with Gasteiger partial charge in [-0.15, -0.1) is 0 Å². The van der Waals surface area contributed by atoms with Crippen LogP contribution in [-0.2, 0) is 29.0 Å². The molecule has 0 aliphatic rings. The van der Waals surface area contributed by atoms with Gasteiger partial charge in [0.15, 0.2) is 0 Å². The Bertz CT molecular complexity index is 1110. The summed E-state index contributed by atoms with van der Waals surface area (Å²) in [5.41, 5.74) is 2.44. The maximum Gasteiger partial charge on any atom is 0.243 e. The molecule has 3 aromatic carbocycles. The fraction of sp³-hybridized carbons (Fsp3) is 0.231. The number of carbonyl (C=O) groups is 2. The van der Waals surface area contributed by atoms with E-state index >= 15 is 0 Å². The van der Waals surface area contributed by atoms with Crippen LogP contribution < -0.4 is 5.32 Å². The van der Waals surface area contributed by atoms with E-state index in [2.05, 4.69) is 5.32 Å². The van der Waals surface area contributed by atoms with Crippen molar-refractivity contribution in [3.8, 4) is 0 Å². The maximum absolute atomic E-state index is 13.6. The molecule has 0 saturated carbocycles. The average molecular weight is 504 g/mol. The molecule has 1 atom stereocenters. The van der Waals surface area contributed by atoms with Gasteiger partial charge in [-0.1, -0.05) is 83.3 Å². The Morgan fingerprint density at radius 1 is 0.879 bits per heavy atom. The number of benzene rings is 3. The summed E-state index contributed by atoms with van der Waals surface area (Å²) in [7, 11) is 0. The Morgan fingerprint density at radius 3 is 2.24 bits per heavy atom. The van der Waals surface area contributed by atoms with Gasteiger partial charge in [-0.2, -0.15) is 0 Å². The van der Waals surface area contributed by atoms with Crippen LogP contribution in [0.2, 0.25) is 15.1 Å². The summed E-state index contributed by atoms with van der Waals surface area (Å²) in [6.45, 7) is 2.56. The molecule has 3 aromatic rings. The topological polar surface area (TPSA) is 49.4 Å². The molecule has 0 radical (unpaired) electrons. The van der Waals surface area contributed by atoms with Crippen LogP contribution >= 0.6 is 34.8 Å². The number of likely N-dealkylation sites (N-methyl/N-ethyl adjacent to an activating group) is 1. The van der Waals surface area contributed by atoms with Crippen LogP contribution in [0.1, 0.15) is 23.6 Å². The number of carbonyl (C=O) groups excluding carboxylic acids is 2. The van der Waals surface area contributed by atoms with Gasteiger partial charge < -0.3 is 10.2 Å². The molecule has 0 aliphatic carbocycles. The van der Waals surface area contributed by atoms with Crippen molar-refractivity contribution in [2.75, 3.05) is 6.54 Å². The molecule has 0 heterocycles. The summed E-state index contributed by atoms with van der Waals surface area (Å²) in [5, 5.41) is 4.36. The number of nitrogens with one attached hydrogen (secondary N) is 1. The number of hydrogen-bond acceptors (Lipinski definition) is 2. The largest absolute Gasteiger partial charge is 0.355 e. The zero-order chi connectivity index (χ0) is 23.8. The molecule has 4 nitrogen and oxygen atoms in total. The van der Waals surface area contributed by atoms with Crippen LogP contribution in [0.25, 0.3) is 0 Å². The number of amides is 2. The molecule has 1 unspecified atom stereocenters. The first-order valence-electron chi connectivity index (χ1n) is 10.7. The summed E-state index contributed by atoms with van der Waals surface area (Å²) in [6.07, 6.45) is 0.425. The molecule has 0 saturated heterocycles. The zero-order valence-electron chi connectivity index (χ0n) is 18.2. The van der Waals surface area contributed by atoms with Gasteiger partial charge in [-0.3, -0.25) is 9.59 Å². The van der Waals surface area contributed by atoms with Gasteiger partial charge >= 0.3 is 0 Å². The third kappa shape index (κ3) is 7.23. The second-order valence-corrected chi connectivity index (χ2v) is 8.94. The summed E-state index contributed by atoms with van der Waals surface area (Å²) >= 11 is 18.5. The smallest absolute Gasteiger partial charge is 0.243 e. The molecule has 2 amide bonds. The van der Waals surface area contributed by atoms with Gasteiger partial charge in [0, 0.05) is 34.6 Å². The monoisotopic (exact) mass is 502 g/mol. The fourth-order valence-electron chi connectivity index (χ4n) is 3.61. The first kappa shape index (κ1) is 25.1. The Balaban J connectivity index is 1.97. The highest BCUT2D eigenvalue weighted by Gasteiger charge is 2.30. The van der Waals surface area contributed by atoms with Crippen LogP contribution in [0.5, 0.6) is 0 Å².